The zero-order valence-electron chi connectivity index (χ0n) is 10.7. The first-order valence-corrected chi connectivity index (χ1v) is 6.46. The second-order valence-electron chi connectivity index (χ2n) is 4.57. The molecule has 1 heterocycles. The molecule has 4 nitrogen and oxygen atoms in total. The molecule has 0 spiro atoms. The van der Waals surface area contributed by atoms with Crippen molar-refractivity contribution in [2.24, 2.45) is 0 Å². The highest BCUT2D eigenvalue weighted by molar-refractivity contribution is 6.32. The number of halogens is 1. The number of hydrogen-bond acceptors (Lipinski definition) is 2. The van der Waals surface area contributed by atoms with Crippen LogP contribution in [0.5, 0.6) is 0 Å². The van der Waals surface area contributed by atoms with Crippen molar-refractivity contribution in [3.63, 3.8) is 0 Å². The monoisotopic (exact) mass is 286 g/mol. The molecule has 0 radical (unpaired) electrons. The molecule has 20 heavy (non-hydrogen) atoms. The van der Waals surface area contributed by atoms with E-state index < -0.39 is 5.69 Å². The third-order valence-electron chi connectivity index (χ3n) is 3.15. The van der Waals surface area contributed by atoms with Crippen LogP contribution in [0.2, 0.25) is 5.02 Å². The Morgan fingerprint density at radius 2 is 1.85 bits per heavy atom. The van der Waals surface area contributed by atoms with E-state index in [4.69, 9.17) is 11.6 Å². The molecule has 0 saturated heterocycles. The molecule has 1 aromatic heterocycles. The molecule has 0 aliphatic rings. The van der Waals surface area contributed by atoms with Crippen molar-refractivity contribution in [1.29, 1.82) is 0 Å². The number of aromatic amines is 1. The molecule has 1 N–H and O–H groups in total. The fourth-order valence-corrected chi connectivity index (χ4v) is 2.40. The van der Waals surface area contributed by atoms with Gasteiger partial charge in [-0.2, -0.15) is 0 Å². The SMILES string of the molecule is Cc1ccc2c(=O)n(-c3ccccc3Cl)c(=O)[nH]c2c1. The van der Waals surface area contributed by atoms with Crippen LogP contribution >= 0.6 is 11.6 Å². The summed E-state index contributed by atoms with van der Waals surface area (Å²) in [5.41, 5.74) is 1.01. The van der Waals surface area contributed by atoms with Gasteiger partial charge in [-0.25, -0.2) is 9.36 Å². The Hall–Kier alpha value is -2.33. The topological polar surface area (TPSA) is 54.9 Å². The van der Waals surface area contributed by atoms with Gasteiger partial charge in [-0.3, -0.25) is 4.79 Å². The number of fused-ring (bicyclic) bond motifs is 1. The number of hydrogen-bond donors (Lipinski definition) is 1. The quantitative estimate of drug-likeness (QED) is 0.748. The van der Waals surface area contributed by atoms with E-state index in [1.807, 2.05) is 13.0 Å². The van der Waals surface area contributed by atoms with Crippen molar-refractivity contribution in [2.75, 3.05) is 0 Å². The van der Waals surface area contributed by atoms with Gasteiger partial charge in [-0.05, 0) is 36.8 Å². The molecule has 0 saturated carbocycles. The van der Waals surface area contributed by atoms with Crippen molar-refractivity contribution >= 4 is 22.5 Å². The largest absolute Gasteiger partial charge is 0.333 e. The predicted octanol–water partition coefficient (Wildman–Crippen LogP) is 2.64. The third-order valence-corrected chi connectivity index (χ3v) is 3.47. The highest BCUT2D eigenvalue weighted by Crippen LogP contribution is 2.17. The lowest BCUT2D eigenvalue weighted by molar-refractivity contribution is 0.901. The molecule has 0 unspecified atom stereocenters. The Labute approximate surface area is 119 Å². The maximum absolute atomic E-state index is 12.5. The number of rotatable bonds is 1. The molecule has 2 aromatic carbocycles. The van der Waals surface area contributed by atoms with Crippen LogP contribution in [0, 0.1) is 6.92 Å². The van der Waals surface area contributed by atoms with E-state index in [1.165, 1.54) is 0 Å². The normalized spacial score (nSPS) is 10.9. The number of nitrogens with zero attached hydrogens (tertiary/aromatic N) is 1. The molecule has 3 rings (SSSR count). The third kappa shape index (κ3) is 1.94. The minimum atomic E-state index is -0.499. The zero-order valence-corrected chi connectivity index (χ0v) is 11.4. The van der Waals surface area contributed by atoms with Crippen molar-refractivity contribution in [2.45, 2.75) is 6.92 Å². The van der Waals surface area contributed by atoms with Gasteiger partial charge in [0.15, 0.2) is 0 Å². The summed E-state index contributed by atoms with van der Waals surface area (Å²) in [5.74, 6) is 0. The lowest BCUT2D eigenvalue weighted by Gasteiger charge is -2.08. The Bertz CT molecular complexity index is 925. The summed E-state index contributed by atoms with van der Waals surface area (Å²) in [5, 5.41) is 0.807. The molecule has 0 fully saturated rings. The molecular weight excluding hydrogens is 276 g/mol. The van der Waals surface area contributed by atoms with Crippen LogP contribution in [0.3, 0.4) is 0 Å². The van der Waals surface area contributed by atoms with Crippen LogP contribution in [-0.2, 0) is 0 Å². The first-order valence-electron chi connectivity index (χ1n) is 6.08. The smallest absolute Gasteiger partial charge is 0.306 e. The molecule has 100 valence electrons. The van der Waals surface area contributed by atoms with Crippen LogP contribution in [0.1, 0.15) is 5.56 Å². The van der Waals surface area contributed by atoms with Gasteiger partial charge >= 0.3 is 5.69 Å². The Morgan fingerprint density at radius 1 is 1.10 bits per heavy atom. The number of H-pyrrole nitrogens is 1. The number of aromatic nitrogens is 2. The highest BCUT2D eigenvalue weighted by Gasteiger charge is 2.11. The van der Waals surface area contributed by atoms with Crippen molar-refractivity contribution in [3.8, 4) is 5.69 Å². The van der Waals surface area contributed by atoms with Gasteiger partial charge in [0.25, 0.3) is 5.56 Å². The van der Waals surface area contributed by atoms with Gasteiger partial charge in [-0.1, -0.05) is 29.8 Å². The standard InChI is InChI=1S/C15H11ClN2O2/c1-9-6-7-10-12(8-9)17-15(20)18(14(10)19)13-5-3-2-4-11(13)16/h2-8H,1H3,(H,17,20). The lowest BCUT2D eigenvalue weighted by Crippen LogP contribution is -2.33. The summed E-state index contributed by atoms with van der Waals surface area (Å²) >= 11 is 6.07. The summed E-state index contributed by atoms with van der Waals surface area (Å²) < 4.78 is 1.06. The molecular formula is C15H11ClN2O2. The van der Waals surface area contributed by atoms with Crippen molar-refractivity contribution in [3.05, 3.63) is 73.9 Å². The second-order valence-corrected chi connectivity index (χ2v) is 4.98. The minimum Gasteiger partial charge on any atom is -0.306 e. The van der Waals surface area contributed by atoms with E-state index in [-0.39, 0.29) is 5.56 Å². The maximum Gasteiger partial charge on any atom is 0.333 e. The minimum absolute atomic E-state index is 0.353. The predicted molar refractivity (Wildman–Crippen MR) is 79.9 cm³/mol. The number of benzene rings is 2. The number of nitrogens with one attached hydrogen (secondary N) is 1. The van der Waals surface area contributed by atoms with E-state index in [0.717, 1.165) is 10.1 Å². The number of aryl methyl sites for hydroxylation is 1. The van der Waals surface area contributed by atoms with Crippen LogP contribution in [-0.4, -0.2) is 9.55 Å². The Kier molecular flexibility index (Phi) is 2.95. The van der Waals surface area contributed by atoms with E-state index >= 15 is 0 Å². The van der Waals surface area contributed by atoms with Crippen molar-refractivity contribution in [1.82, 2.24) is 9.55 Å². The summed E-state index contributed by atoms with van der Waals surface area (Å²) in [6.07, 6.45) is 0. The van der Waals surface area contributed by atoms with E-state index in [1.54, 1.807) is 36.4 Å². The van der Waals surface area contributed by atoms with Crippen LogP contribution < -0.4 is 11.2 Å². The Morgan fingerprint density at radius 3 is 2.60 bits per heavy atom. The first-order chi connectivity index (χ1) is 9.58. The van der Waals surface area contributed by atoms with Gasteiger partial charge in [0.05, 0.1) is 21.6 Å². The van der Waals surface area contributed by atoms with Gasteiger partial charge in [0, 0.05) is 0 Å². The summed E-state index contributed by atoms with van der Waals surface area (Å²) in [4.78, 5) is 27.4. The summed E-state index contributed by atoms with van der Waals surface area (Å²) in [6, 6.07) is 12.1. The maximum atomic E-state index is 12.5. The summed E-state index contributed by atoms with van der Waals surface area (Å²) in [7, 11) is 0. The van der Waals surface area contributed by atoms with Crippen molar-refractivity contribution < 1.29 is 0 Å². The average Bonchev–Trinajstić information content (AvgIpc) is 2.40. The number of para-hydroxylation sites is 1. The molecule has 0 aliphatic heterocycles. The van der Waals surface area contributed by atoms with Gasteiger partial charge < -0.3 is 4.98 Å². The molecule has 0 amide bonds. The molecule has 0 atom stereocenters. The fraction of sp³-hybridized carbons (Fsp3) is 0.0667. The average molecular weight is 287 g/mol. The van der Waals surface area contributed by atoms with Crippen LogP contribution in [0.15, 0.2) is 52.1 Å². The Balaban J connectivity index is 2.44. The summed E-state index contributed by atoms with van der Waals surface area (Å²) in [6.45, 7) is 1.90. The van der Waals surface area contributed by atoms with E-state index in [0.29, 0.717) is 21.6 Å². The van der Waals surface area contributed by atoms with Crippen LogP contribution in [0.4, 0.5) is 0 Å². The van der Waals surface area contributed by atoms with Gasteiger partial charge in [0.1, 0.15) is 0 Å². The lowest BCUT2D eigenvalue weighted by atomic mass is 10.2. The van der Waals surface area contributed by atoms with E-state index in [2.05, 4.69) is 4.98 Å². The highest BCUT2D eigenvalue weighted by atomic mass is 35.5. The first kappa shape index (κ1) is 12.7. The van der Waals surface area contributed by atoms with Gasteiger partial charge in [-0.15, -0.1) is 0 Å². The van der Waals surface area contributed by atoms with Gasteiger partial charge in [0.2, 0.25) is 0 Å². The fourth-order valence-electron chi connectivity index (χ4n) is 2.18. The van der Waals surface area contributed by atoms with E-state index in [9.17, 15) is 9.59 Å². The molecule has 0 bridgehead atoms. The zero-order chi connectivity index (χ0) is 14.3. The molecule has 3 aromatic rings. The molecule has 0 aliphatic carbocycles. The van der Waals surface area contributed by atoms with Crippen LogP contribution in [0.25, 0.3) is 16.6 Å². The second kappa shape index (κ2) is 4.65. The molecule has 5 heteroatoms.